The Labute approximate surface area is 286 Å². The van der Waals surface area contributed by atoms with Gasteiger partial charge in [0.05, 0.1) is 29.0 Å². The van der Waals surface area contributed by atoms with Crippen molar-refractivity contribution >= 4 is 51.0 Å². The van der Waals surface area contributed by atoms with Crippen LogP contribution < -0.4 is 21.7 Å². The van der Waals surface area contributed by atoms with Gasteiger partial charge in [-0.1, -0.05) is 84.9 Å². The second-order valence-electron chi connectivity index (χ2n) is 11.4. The predicted molar refractivity (Wildman–Crippen MR) is 199 cm³/mol. The average molecular weight is 658 g/mol. The van der Waals surface area contributed by atoms with Gasteiger partial charge >= 0.3 is 5.97 Å². The van der Waals surface area contributed by atoms with Gasteiger partial charge in [0.1, 0.15) is 11.4 Å². The fourth-order valence-electron chi connectivity index (χ4n) is 5.60. The number of nitrogens with two attached hydrogens (primary N) is 1. The van der Waals surface area contributed by atoms with E-state index >= 15 is 0 Å². The SMILES string of the molecule is CCOC(=O)c1cc2cccc(NCCc3ccccc3)c2n1C.CN=C(N)NC(=O)c1cc2cccc(NCCc3ccccc3)c2[nH]1. The van der Waals surface area contributed by atoms with Crippen LogP contribution in [0.15, 0.2) is 114 Å². The first-order valence-corrected chi connectivity index (χ1v) is 16.3. The van der Waals surface area contributed by atoms with Gasteiger partial charge in [-0.15, -0.1) is 0 Å². The molecule has 0 radical (unpaired) electrons. The number of nitrogens with zero attached hydrogens (tertiary/aromatic N) is 2. The van der Waals surface area contributed by atoms with Gasteiger partial charge in [-0.3, -0.25) is 15.1 Å². The minimum Gasteiger partial charge on any atom is -0.461 e. The van der Waals surface area contributed by atoms with Gasteiger partial charge in [-0.05, 0) is 55.2 Å². The molecule has 6 rings (SSSR count). The molecule has 0 unspecified atom stereocenters. The zero-order valence-electron chi connectivity index (χ0n) is 28.1. The van der Waals surface area contributed by atoms with Gasteiger partial charge in [0.15, 0.2) is 5.96 Å². The summed E-state index contributed by atoms with van der Waals surface area (Å²) in [5.41, 5.74) is 13.1. The molecule has 10 heteroatoms. The van der Waals surface area contributed by atoms with Gasteiger partial charge < -0.3 is 30.7 Å². The number of hydrogen-bond donors (Lipinski definition) is 5. The van der Waals surface area contributed by atoms with Crippen molar-refractivity contribution in [3.63, 3.8) is 0 Å². The monoisotopic (exact) mass is 657 g/mol. The molecule has 0 bridgehead atoms. The van der Waals surface area contributed by atoms with Gasteiger partial charge in [0.2, 0.25) is 0 Å². The maximum atomic E-state index is 12.2. The molecule has 0 saturated heterocycles. The van der Waals surface area contributed by atoms with E-state index in [-0.39, 0.29) is 17.8 Å². The third-order valence-electron chi connectivity index (χ3n) is 8.07. The zero-order chi connectivity index (χ0) is 34.6. The second-order valence-corrected chi connectivity index (χ2v) is 11.4. The first-order chi connectivity index (χ1) is 23.9. The summed E-state index contributed by atoms with van der Waals surface area (Å²) in [6.07, 6.45) is 1.88. The maximum Gasteiger partial charge on any atom is 0.354 e. The molecule has 6 N–H and O–H groups in total. The summed E-state index contributed by atoms with van der Waals surface area (Å²) < 4.78 is 7.04. The largest absolute Gasteiger partial charge is 0.461 e. The molecule has 0 atom stereocenters. The van der Waals surface area contributed by atoms with Gasteiger partial charge in [-0.2, -0.15) is 0 Å². The van der Waals surface area contributed by atoms with Gasteiger partial charge in [-0.25, -0.2) is 4.79 Å². The summed E-state index contributed by atoms with van der Waals surface area (Å²) in [6, 6.07) is 36.4. The van der Waals surface area contributed by atoms with E-state index in [1.165, 1.54) is 18.2 Å². The average Bonchev–Trinajstić information content (AvgIpc) is 3.72. The van der Waals surface area contributed by atoms with Crippen molar-refractivity contribution in [3.05, 3.63) is 132 Å². The minimum atomic E-state index is -0.311. The second kappa shape index (κ2) is 16.7. The van der Waals surface area contributed by atoms with Crippen molar-refractivity contribution < 1.29 is 14.3 Å². The van der Waals surface area contributed by atoms with E-state index in [0.717, 1.165) is 59.1 Å². The molecular formula is C39H43N7O3. The number of carbonyl (C=O) groups is 2. The lowest BCUT2D eigenvalue weighted by Gasteiger charge is -2.10. The van der Waals surface area contributed by atoms with Gasteiger partial charge in [0, 0.05) is 38.0 Å². The summed E-state index contributed by atoms with van der Waals surface area (Å²) in [5, 5.41) is 11.4. The lowest BCUT2D eigenvalue weighted by atomic mass is 10.1. The number of aryl methyl sites for hydroxylation is 1. The van der Waals surface area contributed by atoms with Crippen LogP contribution in [0.25, 0.3) is 21.8 Å². The van der Waals surface area contributed by atoms with Gasteiger partial charge in [0.25, 0.3) is 5.91 Å². The first-order valence-electron chi connectivity index (χ1n) is 16.3. The number of aliphatic imine (C=N–C) groups is 1. The summed E-state index contributed by atoms with van der Waals surface area (Å²) in [4.78, 5) is 31.1. The highest BCUT2D eigenvalue weighted by Gasteiger charge is 2.16. The Balaban J connectivity index is 0.000000191. The number of hydrogen-bond acceptors (Lipinski definition) is 6. The number of para-hydroxylation sites is 2. The van der Waals surface area contributed by atoms with E-state index in [0.29, 0.717) is 18.0 Å². The van der Waals surface area contributed by atoms with E-state index in [1.807, 2.05) is 85.3 Å². The number of amides is 1. The Morgan fingerprint density at radius 2 is 1.39 bits per heavy atom. The van der Waals surface area contributed by atoms with E-state index in [9.17, 15) is 9.59 Å². The number of esters is 1. The maximum absolute atomic E-state index is 12.2. The molecule has 0 aliphatic heterocycles. The fourth-order valence-corrected chi connectivity index (χ4v) is 5.60. The van der Waals surface area contributed by atoms with Crippen molar-refractivity contribution in [2.24, 2.45) is 17.8 Å². The van der Waals surface area contributed by atoms with Crippen molar-refractivity contribution in [1.29, 1.82) is 0 Å². The summed E-state index contributed by atoms with van der Waals surface area (Å²) in [7, 11) is 3.42. The molecule has 0 saturated carbocycles. The molecule has 10 nitrogen and oxygen atoms in total. The van der Waals surface area contributed by atoms with Crippen LogP contribution in [0, 0.1) is 0 Å². The number of H-pyrrole nitrogens is 1. The number of rotatable bonds is 11. The smallest absolute Gasteiger partial charge is 0.354 e. The molecule has 0 aliphatic rings. The highest BCUT2D eigenvalue weighted by molar-refractivity contribution is 6.07. The molecule has 0 spiro atoms. The number of ether oxygens (including phenoxy) is 1. The molecule has 49 heavy (non-hydrogen) atoms. The quantitative estimate of drug-likeness (QED) is 0.0612. The number of anilines is 2. The van der Waals surface area contributed by atoms with Crippen LogP contribution in [-0.2, 0) is 24.6 Å². The third kappa shape index (κ3) is 8.86. The summed E-state index contributed by atoms with van der Waals surface area (Å²) >= 11 is 0. The number of aromatic amines is 1. The van der Waals surface area contributed by atoms with Crippen LogP contribution in [0.1, 0.15) is 39.0 Å². The summed E-state index contributed by atoms with van der Waals surface area (Å²) in [6.45, 7) is 3.84. The molecule has 4 aromatic carbocycles. The number of nitrogens with one attached hydrogen (secondary N) is 4. The number of guanidine groups is 1. The van der Waals surface area contributed by atoms with Crippen LogP contribution in [0.5, 0.6) is 0 Å². The third-order valence-corrected chi connectivity index (χ3v) is 8.07. The fraction of sp³-hybridized carbons (Fsp3) is 0.205. The Bertz CT molecular complexity index is 2030. The first kappa shape index (κ1) is 34.3. The Morgan fingerprint density at radius 3 is 2.00 bits per heavy atom. The predicted octanol–water partition coefficient (Wildman–Crippen LogP) is 6.51. The minimum absolute atomic E-state index is 0.0878. The molecule has 2 heterocycles. The van der Waals surface area contributed by atoms with Crippen LogP contribution in [-0.4, -0.2) is 54.1 Å². The molecule has 0 aliphatic carbocycles. The zero-order valence-corrected chi connectivity index (χ0v) is 28.1. The molecule has 2 aromatic heterocycles. The van der Waals surface area contributed by atoms with E-state index in [2.05, 4.69) is 62.3 Å². The summed E-state index contributed by atoms with van der Waals surface area (Å²) in [5.74, 6) is -0.508. The number of benzene rings is 4. The van der Waals surface area contributed by atoms with Crippen molar-refractivity contribution in [2.45, 2.75) is 19.8 Å². The van der Waals surface area contributed by atoms with E-state index < -0.39 is 0 Å². The highest BCUT2D eigenvalue weighted by atomic mass is 16.5. The molecule has 1 amide bonds. The van der Waals surface area contributed by atoms with Crippen LogP contribution in [0.3, 0.4) is 0 Å². The Kier molecular flexibility index (Phi) is 11.7. The number of fused-ring (bicyclic) bond motifs is 2. The van der Waals surface area contributed by atoms with Crippen LogP contribution in [0.4, 0.5) is 11.4 Å². The standard InChI is InChI=1S/C20H22N2O2.C19H21N5O/c1-3-24-20(23)18-14-16-10-7-11-17(19(16)22(18)2)21-13-12-15-8-5-4-6-9-15;1-21-19(20)24-18(25)16-12-14-8-5-9-15(17(14)23-16)22-11-10-13-6-3-2-4-7-13/h4-11,14,21H,3,12-13H2,1-2H3;2-9,12,22-23H,10-11H2,1H3,(H3,20,21,24,25). The van der Waals surface area contributed by atoms with Crippen molar-refractivity contribution in [3.8, 4) is 0 Å². The Hall–Kier alpha value is -6.03. The lowest BCUT2D eigenvalue weighted by Crippen LogP contribution is -2.36. The molecule has 0 fully saturated rings. The van der Waals surface area contributed by atoms with E-state index in [4.69, 9.17) is 10.5 Å². The van der Waals surface area contributed by atoms with Crippen molar-refractivity contribution in [1.82, 2.24) is 14.9 Å². The number of aromatic nitrogens is 2. The lowest BCUT2D eigenvalue weighted by molar-refractivity contribution is 0.0515. The number of carbonyl (C=O) groups excluding carboxylic acids is 2. The van der Waals surface area contributed by atoms with E-state index in [1.54, 1.807) is 6.07 Å². The normalized spacial score (nSPS) is 11.1. The Morgan fingerprint density at radius 1 is 0.796 bits per heavy atom. The van der Waals surface area contributed by atoms with Crippen molar-refractivity contribution in [2.75, 3.05) is 37.4 Å². The van der Waals surface area contributed by atoms with Crippen LogP contribution in [0.2, 0.25) is 0 Å². The molecule has 6 aromatic rings. The molecular weight excluding hydrogens is 614 g/mol. The van der Waals surface area contributed by atoms with Crippen LogP contribution >= 0.6 is 0 Å². The molecule has 252 valence electrons. The highest BCUT2D eigenvalue weighted by Crippen LogP contribution is 2.27. The topological polar surface area (TPSA) is 139 Å².